The molecule has 0 unspecified atom stereocenters. The Morgan fingerprint density at radius 3 is 2.31 bits per heavy atom. The zero-order valence-electron chi connectivity index (χ0n) is 18.3. The van der Waals surface area contributed by atoms with E-state index in [0.29, 0.717) is 22.8 Å². The summed E-state index contributed by atoms with van der Waals surface area (Å²) in [6.07, 6.45) is 1.46. The maximum atomic E-state index is 16.1. The lowest BCUT2D eigenvalue weighted by Gasteiger charge is -2.33. The van der Waals surface area contributed by atoms with Gasteiger partial charge in [0.2, 0.25) is 0 Å². The van der Waals surface area contributed by atoms with E-state index >= 15 is 8.63 Å². The molecule has 0 spiro atoms. The van der Waals surface area contributed by atoms with Gasteiger partial charge in [0, 0.05) is 29.5 Å². The molecular weight excluding hydrogens is 367 g/mol. The maximum Gasteiger partial charge on any atom is 0.737 e. The number of halogens is 2. The molecule has 0 aliphatic carbocycles. The van der Waals surface area contributed by atoms with Crippen molar-refractivity contribution >= 4 is 18.3 Å². The molecule has 0 amide bonds. The van der Waals surface area contributed by atoms with E-state index in [1.165, 1.54) is 8.96 Å². The van der Waals surface area contributed by atoms with Crippen LogP contribution in [0.5, 0.6) is 0 Å². The fraction of sp³-hybridized carbons (Fsp3) is 0.391. The van der Waals surface area contributed by atoms with Crippen LogP contribution in [0.25, 0.3) is 5.57 Å². The minimum absolute atomic E-state index is 0.623. The molecule has 0 saturated carbocycles. The van der Waals surface area contributed by atoms with Crippen molar-refractivity contribution < 1.29 is 13.1 Å². The maximum absolute atomic E-state index is 16.1. The predicted molar refractivity (Wildman–Crippen MR) is 116 cm³/mol. The first-order valence-electron chi connectivity index (χ1n) is 10.4. The molecule has 3 nitrogen and oxygen atoms in total. The smallest absolute Gasteiger partial charge is 0.393 e. The van der Waals surface area contributed by atoms with E-state index in [2.05, 4.69) is 0 Å². The fourth-order valence-corrected chi connectivity index (χ4v) is 5.40. The Morgan fingerprint density at radius 1 is 1.03 bits per heavy atom. The summed E-state index contributed by atoms with van der Waals surface area (Å²) >= 11 is 0. The Bertz CT molecular complexity index is 1150. The Hall–Kier alpha value is -2.50. The second kappa shape index (κ2) is 6.51. The molecule has 29 heavy (non-hydrogen) atoms. The number of aryl methyl sites for hydroxylation is 1. The van der Waals surface area contributed by atoms with Crippen LogP contribution >= 0.6 is 0 Å². The molecule has 0 radical (unpaired) electrons. The monoisotopic (exact) mass is 395 g/mol. The first-order chi connectivity index (χ1) is 13.7. The van der Waals surface area contributed by atoms with E-state index in [4.69, 9.17) is 4.98 Å². The van der Waals surface area contributed by atoms with Crippen molar-refractivity contribution in [3.05, 3.63) is 68.9 Å². The third-order valence-electron chi connectivity index (χ3n) is 6.64. The van der Waals surface area contributed by atoms with Crippen LogP contribution in [0.2, 0.25) is 0 Å². The molecule has 0 aromatic carbocycles. The lowest BCUT2D eigenvalue weighted by molar-refractivity contribution is -0.363. The highest BCUT2D eigenvalue weighted by Gasteiger charge is 2.56. The highest BCUT2D eigenvalue weighted by molar-refractivity contribution is 6.58. The van der Waals surface area contributed by atoms with Gasteiger partial charge >= 0.3 is 6.97 Å². The van der Waals surface area contributed by atoms with E-state index in [-0.39, 0.29) is 0 Å². The first-order valence-corrected chi connectivity index (χ1v) is 10.4. The largest absolute Gasteiger partial charge is 0.737 e. The van der Waals surface area contributed by atoms with Crippen LogP contribution in [-0.2, 0) is 6.42 Å². The van der Waals surface area contributed by atoms with Gasteiger partial charge in [-0.25, -0.2) is 0 Å². The van der Waals surface area contributed by atoms with Gasteiger partial charge in [-0.05, 0) is 69.5 Å². The number of pyridine rings is 1. The van der Waals surface area contributed by atoms with Crippen molar-refractivity contribution in [1.29, 1.82) is 0 Å². The second-order valence-electron chi connectivity index (χ2n) is 8.15. The molecule has 2 aromatic heterocycles. The normalized spacial score (nSPS) is 18.0. The fourth-order valence-electron chi connectivity index (χ4n) is 5.40. The summed E-state index contributed by atoms with van der Waals surface area (Å²) in [6.45, 7) is 9.61. The molecule has 0 bridgehead atoms. The Balaban J connectivity index is 2.24. The average molecular weight is 395 g/mol. The lowest BCUT2D eigenvalue weighted by atomic mass is 9.85. The van der Waals surface area contributed by atoms with Crippen LogP contribution in [0, 0.1) is 20.8 Å². The number of aromatic nitrogens is 2. The van der Waals surface area contributed by atoms with E-state index in [9.17, 15) is 0 Å². The van der Waals surface area contributed by atoms with Crippen molar-refractivity contribution in [2.45, 2.75) is 61.3 Å². The minimum Gasteiger partial charge on any atom is -0.393 e. The van der Waals surface area contributed by atoms with E-state index < -0.39 is 6.97 Å². The Kier molecular flexibility index (Phi) is 4.45. The van der Waals surface area contributed by atoms with Crippen LogP contribution in [-0.4, -0.2) is 26.6 Å². The molecule has 2 aromatic rings. The molecular formula is C23H28BF2N3. The van der Waals surface area contributed by atoms with Gasteiger partial charge in [0.15, 0.2) is 5.70 Å². The Labute approximate surface area is 171 Å². The first kappa shape index (κ1) is 19.8. The molecule has 6 heteroatoms. The average Bonchev–Trinajstić information content (AvgIpc) is 3.07. The number of nitrogens with zero attached hydrogens (tertiary/aromatic N) is 3. The summed E-state index contributed by atoms with van der Waals surface area (Å²) in [6, 6.07) is 5.83. The van der Waals surface area contributed by atoms with Gasteiger partial charge in [0.1, 0.15) is 5.71 Å². The molecule has 2 aliphatic rings. The van der Waals surface area contributed by atoms with Gasteiger partial charge in [-0.15, -0.1) is 0 Å². The molecule has 0 saturated heterocycles. The van der Waals surface area contributed by atoms with Crippen LogP contribution in [0.15, 0.2) is 35.0 Å². The molecule has 0 atom stereocenters. The van der Waals surface area contributed by atoms with E-state index in [0.717, 1.165) is 52.1 Å². The highest BCUT2D eigenvalue weighted by atomic mass is 19.2. The topological polar surface area (TPSA) is 20.8 Å². The number of rotatable bonds is 3. The molecule has 152 valence electrons. The van der Waals surface area contributed by atoms with Crippen molar-refractivity contribution in [3.8, 4) is 0 Å². The van der Waals surface area contributed by atoms with Crippen molar-refractivity contribution in [1.82, 2.24) is 9.46 Å². The van der Waals surface area contributed by atoms with Crippen molar-refractivity contribution in [2.24, 2.45) is 0 Å². The van der Waals surface area contributed by atoms with Gasteiger partial charge in [0.25, 0.3) is 0 Å². The van der Waals surface area contributed by atoms with Crippen molar-refractivity contribution in [3.63, 3.8) is 0 Å². The molecule has 0 N–H and O–H groups in total. The third-order valence-corrected chi connectivity index (χ3v) is 6.64. The van der Waals surface area contributed by atoms with Gasteiger partial charge in [-0.1, -0.05) is 19.9 Å². The molecule has 4 rings (SSSR count). The molecule has 4 heterocycles. The molecule has 2 aliphatic heterocycles. The number of allylic oxidation sites excluding steroid dienone is 2. The van der Waals surface area contributed by atoms with Gasteiger partial charge in [0.05, 0.1) is 11.3 Å². The van der Waals surface area contributed by atoms with Crippen LogP contribution < -0.4 is 0 Å². The summed E-state index contributed by atoms with van der Waals surface area (Å²) < 4.78 is 34.8. The lowest BCUT2D eigenvalue weighted by Crippen LogP contribution is -2.51. The zero-order chi connectivity index (χ0) is 21.2. The summed E-state index contributed by atoms with van der Waals surface area (Å²) in [7, 11) is 0. The van der Waals surface area contributed by atoms with Crippen molar-refractivity contribution in [2.75, 3.05) is 0 Å². The molecule has 0 fully saturated rings. The minimum atomic E-state index is -3.98. The number of hydrogen-bond acceptors (Lipinski definition) is 1. The van der Waals surface area contributed by atoms with Crippen LogP contribution in [0.3, 0.4) is 0 Å². The SMILES string of the molecule is CCC1=C(C)C2=C(c3cccc(C)n3)c3c(C)c(CC)c(C)n3[B-](F)(F)[N+]2=C1C. The highest BCUT2D eigenvalue weighted by Crippen LogP contribution is 2.46. The van der Waals surface area contributed by atoms with E-state index in [1.54, 1.807) is 0 Å². The number of hydrogen-bond donors (Lipinski definition) is 0. The van der Waals surface area contributed by atoms with Gasteiger partial charge < -0.3 is 17.6 Å². The standard InChI is InChI=1S/C23H28BF2N3/c1-8-18-14(4)22-21(20-12-10-11-13(3)27-20)23-15(5)19(9-2)17(7)29(23)24(25,26)28(22)16(18)6/h10-12H,8-9H2,1-7H3. The van der Waals surface area contributed by atoms with E-state index in [1.807, 2.05) is 66.7 Å². The number of fused-ring (bicyclic) bond motifs is 2. The van der Waals surface area contributed by atoms with Crippen LogP contribution in [0.1, 0.15) is 68.0 Å². The van der Waals surface area contributed by atoms with Gasteiger partial charge in [-0.2, -0.15) is 0 Å². The zero-order valence-corrected chi connectivity index (χ0v) is 18.3. The second-order valence-corrected chi connectivity index (χ2v) is 8.15. The van der Waals surface area contributed by atoms with Crippen LogP contribution in [0.4, 0.5) is 8.63 Å². The summed E-state index contributed by atoms with van der Waals surface area (Å²) in [5.74, 6) is 0. The summed E-state index contributed by atoms with van der Waals surface area (Å²) in [5, 5.41) is 0. The quantitative estimate of drug-likeness (QED) is 0.622. The Morgan fingerprint density at radius 2 is 1.72 bits per heavy atom. The summed E-state index contributed by atoms with van der Waals surface area (Å²) in [5.41, 5.74) is 8.90. The third kappa shape index (κ3) is 2.47. The predicted octanol–water partition coefficient (Wildman–Crippen LogP) is 5.58. The van der Waals surface area contributed by atoms with Gasteiger partial charge in [-0.3, -0.25) is 4.98 Å². The summed E-state index contributed by atoms with van der Waals surface area (Å²) in [4.78, 5) is 4.75.